The van der Waals surface area contributed by atoms with Crippen LogP contribution in [0.5, 0.6) is 0 Å². The van der Waals surface area contributed by atoms with Crippen molar-refractivity contribution in [3.05, 3.63) is 77.1 Å². The van der Waals surface area contributed by atoms with Gasteiger partial charge < -0.3 is 9.80 Å². The molecule has 2 heterocycles. The number of para-hydroxylation sites is 1. The standard InChI is InChI=1S/C23H26N4O/c1-17-9-10-18(2)21(15-17)25-11-13-26(14-12-25)23(28)22-16-19(3)24-27(22)20-7-5-4-6-8-20/h4-10,15-16H,11-14H2,1-3H3. The predicted octanol–water partition coefficient (Wildman–Crippen LogP) is 3.76. The van der Waals surface area contributed by atoms with Gasteiger partial charge in [0.2, 0.25) is 0 Å². The molecule has 1 saturated heterocycles. The molecule has 0 spiro atoms. The molecule has 0 unspecified atom stereocenters. The molecule has 1 amide bonds. The fourth-order valence-corrected chi connectivity index (χ4v) is 3.79. The molecule has 0 radical (unpaired) electrons. The number of carbonyl (C=O) groups is 1. The van der Waals surface area contributed by atoms with Crippen molar-refractivity contribution >= 4 is 11.6 Å². The highest BCUT2D eigenvalue weighted by atomic mass is 16.2. The van der Waals surface area contributed by atoms with E-state index in [2.05, 4.69) is 42.0 Å². The molecule has 1 aliphatic heterocycles. The van der Waals surface area contributed by atoms with E-state index in [9.17, 15) is 4.79 Å². The molecule has 0 aliphatic carbocycles. The minimum Gasteiger partial charge on any atom is -0.368 e. The Morgan fingerprint density at radius 1 is 0.893 bits per heavy atom. The van der Waals surface area contributed by atoms with Crippen LogP contribution in [0, 0.1) is 20.8 Å². The lowest BCUT2D eigenvalue weighted by Gasteiger charge is -2.37. The summed E-state index contributed by atoms with van der Waals surface area (Å²) in [5.74, 6) is 0.0464. The van der Waals surface area contributed by atoms with Gasteiger partial charge in [-0.2, -0.15) is 5.10 Å². The van der Waals surface area contributed by atoms with Gasteiger partial charge in [-0.25, -0.2) is 4.68 Å². The van der Waals surface area contributed by atoms with Crippen molar-refractivity contribution in [2.75, 3.05) is 31.1 Å². The summed E-state index contributed by atoms with van der Waals surface area (Å²) < 4.78 is 1.76. The second-order valence-corrected chi connectivity index (χ2v) is 7.49. The molecule has 144 valence electrons. The number of aryl methyl sites for hydroxylation is 3. The van der Waals surface area contributed by atoms with E-state index in [0.717, 1.165) is 24.5 Å². The molecule has 1 aromatic heterocycles. The van der Waals surface area contributed by atoms with Gasteiger partial charge in [0, 0.05) is 31.9 Å². The highest BCUT2D eigenvalue weighted by Gasteiger charge is 2.26. The van der Waals surface area contributed by atoms with Crippen LogP contribution in [0.3, 0.4) is 0 Å². The number of amides is 1. The fraction of sp³-hybridized carbons (Fsp3) is 0.304. The smallest absolute Gasteiger partial charge is 0.272 e. The molecular weight excluding hydrogens is 348 g/mol. The van der Waals surface area contributed by atoms with Crippen LogP contribution in [-0.4, -0.2) is 46.8 Å². The maximum Gasteiger partial charge on any atom is 0.272 e. The molecule has 5 nitrogen and oxygen atoms in total. The van der Waals surface area contributed by atoms with Crippen molar-refractivity contribution in [3.8, 4) is 5.69 Å². The monoisotopic (exact) mass is 374 g/mol. The van der Waals surface area contributed by atoms with Crippen LogP contribution in [-0.2, 0) is 0 Å². The highest BCUT2D eigenvalue weighted by molar-refractivity contribution is 5.93. The summed E-state index contributed by atoms with van der Waals surface area (Å²) in [6.45, 7) is 9.30. The van der Waals surface area contributed by atoms with E-state index in [4.69, 9.17) is 0 Å². The summed E-state index contributed by atoms with van der Waals surface area (Å²) in [6, 6.07) is 18.3. The third-order valence-electron chi connectivity index (χ3n) is 5.32. The molecule has 1 fully saturated rings. The average Bonchev–Trinajstić information content (AvgIpc) is 3.12. The molecule has 1 aliphatic rings. The Morgan fingerprint density at radius 2 is 1.61 bits per heavy atom. The number of aromatic nitrogens is 2. The van der Waals surface area contributed by atoms with Crippen molar-refractivity contribution < 1.29 is 4.79 Å². The summed E-state index contributed by atoms with van der Waals surface area (Å²) in [6.07, 6.45) is 0. The van der Waals surface area contributed by atoms with Gasteiger partial charge in [-0.3, -0.25) is 4.79 Å². The third-order valence-corrected chi connectivity index (χ3v) is 5.32. The predicted molar refractivity (Wildman–Crippen MR) is 112 cm³/mol. The zero-order chi connectivity index (χ0) is 19.7. The summed E-state index contributed by atoms with van der Waals surface area (Å²) in [4.78, 5) is 17.5. The Morgan fingerprint density at radius 3 is 2.32 bits per heavy atom. The van der Waals surface area contributed by atoms with Crippen molar-refractivity contribution in [1.29, 1.82) is 0 Å². The Hall–Kier alpha value is -3.08. The first-order valence-corrected chi connectivity index (χ1v) is 9.76. The van der Waals surface area contributed by atoms with Crippen LogP contribution >= 0.6 is 0 Å². The van der Waals surface area contributed by atoms with Crippen LogP contribution in [0.1, 0.15) is 27.3 Å². The second-order valence-electron chi connectivity index (χ2n) is 7.49. The summed E-state index contributed by atoms with van der Waals surface area (Å²) in [5.41, 5.74) is 6.21. The van der Waals surface area contributed by atoms with Gasteiger partial charge in [0.1, 0.15) is 5.69 Å². The van der Waals surface area contributed by atoms with Gasteiger partial charge in [0.05, 0.1) is 11.4 Å². The van der Waals surface area contributed by atoms with Crippen LogP contribution in [0.25, 0.3) is 5.69 Å². The van der Waals surface area contributed by atoms with Crippen LogP contribution < -0.4 is 4.90 Å². The molecule has 0 saturated carbocycles. The van der Waals surface area contributed by atoms with E-state index >= 15 is 0 Å². The maximum absolute atomic E-state index is 13.2. The molecular formula is C23H26N4O. The number of rotatable bonds is 3. The van der Waals surface area contributed by atoms with E-state index in [1.807, 2.05) is 48.2 Å². The van der Waals surface area contributed by atoms with Gasteiger partial charge in [-0.05, 0) is 56.2 Å². The highest BCUT2D eigenvalue weighted by Crippen LogP contribution is 2.23. The number of hydrogen-bond acceptors (Lipinski definition) is 3. The summed E-state index contributed by atoms with van der Waals surface area (Å²) in [5, 5.41) is 4.54. The van der Waals surface area contributed by atoms with E-state index in [1.165, 1.54) is 16.8 Å². The number of hydrogen-bond donors (Lipinski definition) is 0. The van der Waals surface area contributed by atoms with Gasteiger partial charge in [-0.15, -0.1) is 0 Å². The normalized spacial score (nSPS) is 14.4. The lowest BCUT2D eigenvalue weighted by Crippen LogP contribution is -2.49. The van der Waals surface area contributed by atoms with Crippen molar-refractivity contribution in [2.45, 2.75) is 20.8 Å². The number of carbonyl (C=O) groups excluding carboxylic acids is 1. The summed E-state index contributed by atoms with van der Waals surface area (Å²) in [7, 11) is 0. The van der Waals surface area contributed by atoms with Crippen molar-refractivity contribution in [1.82, 2.24) is 14.7 Å². The quantitative estimate of drug-likeness (QED) is 0.701. The van der Waals surface area contributed by atoms with Gasteiger partial charge >= 0.3 is 0 Å². The zero-order valence-corrected chi connectivity index (χ0v) is 16.7. The molecule has 0 bridgehead atoms. The van der Waals surface area contributed by atoms with Gasteiger partial charge in [-0.1, -0.05) is 30.3 Å². The Labute approximate surface area is 166 Å². The molecule has 28 heavy (non-hydrogen) atoms. The molecule has 0 atom stereocenters. The van der Waals surface area contributed by atoms with Crippen LogP contribution in [0.4, 0.5) is 5.69 Å². The van der Waals surface area contributed by atoms with Gasteiger partial charge in [0.25, 0.3) is 5.91 Å². The van der Waals surface area contributed by atoms with E-state index in [-0.39, 0.29) is 5.91 Å². The maximum atomic E-state index is 13.2. The van der Waals surface area contributed by atoms with E-state index < -0.39 is 0 Å². The molecule has 5 heteroatoms. The first-order chi connectivity index (χ1) is 13.5. The SMILES string of the molecule is Cc1ccc(C)c(N2CCN(C(=O)c3cc(C)nn3-c3ccccc3)CC2)c1. The average molecular weight is 374 g/mol. The Balaban J connectivity index is 1.52. The summed E-state index contributed by atoms with van der Waals surface area (Å²) >= 11 is 0. The van der Waals surface area contributed by atoms with Gasteiger partial charge in [0.15, 0.2) is 0 Å². The first-order valence-electron chi connectivity index (χ1n) is 9.76. The van der Waals surface area contributed by atoms with Crippen molar-refractivity contribution in [2.24, 2.45) is 0 Å². The fourth-order valence-electron chi connectivity index (χ4n) is 3.79. The van der Waals surface area contributed by atoms with E-state index in [0.29, 0.717) is 18.8 Å². The zero-order valence-electron chi connectivity index (χ0n) is 16.7. The minimum atomic E-state index is 0.0464. The Bertz CT molecular complexity index is 985. The molecule has 0 N–H and O–H groups in total. The number of nitrogens with zero attached hydrogens (tertiary/aromatic N) is 4. The third kappa shape index (κ3) is 3.52. The van der Waals surface area contributed by atoms with Crippen molar-refractivity contribution in [3.63, 3.8) is 0 Å². The molecule has 4 rings (SSSR count). The largest absolute Gasteiger partial charge is 0.368 e. The lowest BCUT2D eigenvalue weighted by atomic mass is 10.1. The second kappa shape index (κ2) is 7.50. The lowest BCUT2D eigenvalue weighted by molar-refractivity contribution is 0.0737. The molecule has 3 aromatic rings. The number of benzene rings is 2. The van der Waals surface area contributed by atoms with E-state index in [1.54, 1.807) is 4.68 Å². The topological polar surface area (TPSA) is 41.4 Å². The minimum absolute atomic E-state index is 0.0464. The number of piperazine rings is 1. The first kappa shape index (κ1) is 18.3. The number of anilines is 1. The molecule has 2 aromatic carbocycles. The van der Waals surface area contributed by atoms with Crippen LogP contribution in [0.2, 0.25) is 0 Å². The van der Waals surface area contributed by atoms with Crippen LogP contribution in [0.15, 0.2) is 54.6 Å². The Kier molecular flexibility index (Phi) is 4.90.